The van der Waals surface area contributed by atoms with Crippen LogP contribution in [0, 0.1) is 22.7 Å². The predicted molar refractivity (Wildman–Crippen MR) is 74.3 cm³/mol. The Balaban J connectivity index is 2.14. The van der Waals surface area contributed by atoms with Crippen molar-refractivity contribution < 1.29 is 0 Å². The van der Waals surface area contributed by atoms with Crippen LogP contribution in [-0.4, -0.2) is 0 Å². The minimum absolute atomic E-state index is 0.226. The van der Waals surface area contributed by atoms with Crippen LogP contribution in [0.25, 0.3) is 0 Å². The molecule has 2 nitrogen and oxygen atoms in total. The topological polar surface area (TPSA) is 47.6 Å². The van der Waals surface area contributed by atoms with Crippen molar-refractivity contribution in [3.8, 4) is 12.1 Å². The Labute approximate surface area is 113 Å². The average Bonchev–Trinajstić information content (AvgIpc) is 2.49. The standard InChI is InChI=1S/C17H14N2/c18-12-15-8-4-5-9-17(15)16(13-19)11-10-14-6-2-1-3-7-14/h1-9,16H,10-11H2. The van der Waals surface area contributed by atoms with E-state index in [2.05, 4.69) is 24.3 Å². The molecule has 0 aromatic heterocycles. The molecule has 0 aliphatic rings. The van der Waals surface area contributed by atoms with Gasteiger partial charge in [0.2, 0.25) is 0 Å². The number of hydrogen-bond acceptors (Lipinski definition) is 2. The van der Waals surface area contributed by atoms with Crippen molar-refractivity contribution in [2.75, 3.05) is 0 Å². The minimum atomic E-state index is -0.226. The first kappa shape index (κ1) is 12.9. The molecule has 19 heavy (non-hydrogen) atoms. The van der Waals surface area contributed by atoms with Crippen molar-refractivity contribution in [3.05, 3.63) is 71.3 Å². The highest BCUT2D eigenvalue weighted by molar-refractivity contribution is 5.42. The summed E-state index contributed by atoms with van der Waals surface area (Å²) < 4.78 is 0. The molecule has 0 bridgehead atoms. The molecule has 0 fully saturated rings. The summed E-state index contributed by atoms with van der Waals surface area (Å²) >= 11 is 0. The summed E-state index contributed by atoms with van der Waals surface area (Å²) in [6, 6.07) is 21.9. The SMILES string of the molecule is N#Cc1ccccc1C(C#N)CCc1ccccc1. The zero-order chi connectivity index (χ0) is 13.5. The molecule has 0 N–H and O–H groups in total. The number of nitrogens with zero attached hydrogens (tertiary/aromatic N) is 2. The third-order valence-corrected chi connectivity index (χ3v) is 3.18. The predicted octanol–water partition coefficient (Wildman–Crippen LogP) is 3.80. The molecule has 0 radical (unpaired) electrons. The van der Waals surface area contributed by atoms with E-state index >= 15 is 0 Å². The maximum atomic E-state index is 9.32. The second-order valence-corrected chi connectivity index (χ2v) is 4.41. The normalized spacial score (nSPS) is 11.3. The summed E-state index contributed by atoms with van der Waals surface area (Å²) in [5.74, 6) is -0.226. The Bertz CT molecular complexity index is 618. The summed E-state index contributed by atoms with van der Waals surface area (Å²) in [5.41, 5.74) is 2.66. The Hall–Kier alpha value is -2.58. The number of hydrogen-bond donors (Lipinski definition) is 0. The molecule has 1 atom stereocenters. The third kappa shape index (κ3) is 3.21. The van der Waals surface area contributed by atoms with E-state index in [1.807, 2.05) is 36.4 Å². The molecule has 0 heterocycles. The Morgan fingerprint density at radius 2 is 1.58 bits per heavy atom. The van der Waals surface area contributed by atoms with Crippen LogP contribution in [0.15, 0.2) is 54.6 Å². The van der Waals surface area contributed by atoms with Crippen LogP contribution in [0.3, 0.4) is 0 Å². The van der Waals surface area contributed by atoms with Crippen LogP contribution < -0.4 is 0 Å². The molecule has 0 spiro atoms. The van der Waals surface area contributed by atoms with E-state index in [1.54, 1.807) is 6.07 Å². The lowest BCUT2D eigenvalue weighted by atomic mass is 9.90. The smallest absolute Gasteiger partial charge is 0.0995 e. The summed E-state index contributed by atoms with van der Waals surface area (Å²) in [6.07, 6.45) is 1.58. The highest BCUT2D eigenvalue weighted by Gasteiger charge is 2.14. The van der Waals surface area contributed by atoms with E-state index in [-0.39, 0.29) is 5.92 Å². The van der Waals surface area contributed by atoms with Crippen molar-refractivity contribution in [1.29, 1.82) is 10.5 Å². The van der Waals surface area contributed by atoms with Gasteiger partial charge in [-0.15, -0.1) is 0 Å². The number of nitriles is 2. The lowest BCUT2D eigenvalue weighted by molar-refractivity contribution is 0.744. The van der Waals surface area contributed by atoms with Gasteiger partial charge in [0, 0.05) is 0 Å². The summed E-state index contributed by atoms with van der Waals surface area (Å²) in [7, 11) is 0. The van der Waals surface area contributed by atoms with Gasteiger partial charge in [0.15, 0.2) is 0 Å². The maximum Gasteiger partial charge on any atom is 0.0995 e. The molecule has 0 aliphatic heterocycles. The third-order valence-electron chi connectivity index (χ3n) is 3.18. The first-order valence-corrected chi connectivity index (χ1v) is 6.27. The van der Waals surface area contributed by atoms with Gasteiger partial charge in [0.05, 0.1) is 23.6 Å². The fourth-order valence-electron chi connectivity index (χ4n) is 2.15. The van der Waals surface area contributed by atoms with E-state index < -0.39 is 0 Å². The molecule has 0 amide bonds. The van der Waals surface area contributed by atoms with Crippen molar-refractivity contribution in [1.82, 2.24) is 0 Å². The first-order valence-electron chi connectivity index (χ1n) is 6.27. The van der Waals surface area contributed by atoms with E-state index in [4.69, 9.17) is 5.26 Å². The Kier molecular flexibility index (Phi) is 4.32. The minimum Gasteiger partial charge on any atom is -0.198 e. The lowest BCUT2D eigenvalue weighted by Gasteiger charge is -2.11. The summed E-state index contributed by atoms with van der Waals surface area (Å²) in [5, 5.41) is 18.4. The van der Waals surface area contributed by atoms with Crippen LogP contribution in [-0.2, 0) is 6.42 Å². The van der Waals surface area contributed by atoms with Gasteiger partial charge in [0.25, 0.3) is 0 Å². The van der Waals surface area contributed by atoms with Crippen LogP contribution in [0.5, 0.6) is 0 Å². The molecule has 1 unspecified atom stereocenters. The van der Waals surface area contributed by atoms with E-state index in [0.717, 1.165) is 18.4 Å². The number of benzene rings is 2. The number of rotatable bonds is 4. The highest BCUT2D eigenvalue weighted by atomic mass is 14.3. The largest absolute Gasteiger partial charge is 0.198 e. The molecule has 2 aromatic carbocycles. The summed E-state index contributed by atoms with van der Waals surface area (Å²) in [4.78, 5) is 0. The fourth-order valence-corrected chi connectivity index (χ4v) is 2.15. The van der Waals surface area contributed by atoms with Crippen LogP contribution in [0.2, 0.25) is 0 Å². The molecular formula is C17H14N2. The monoisotopic (exact) mass is 246 g/mol. The van der Waals surface area contributed by atoms with Crippen molar-refractivity contribution in [2.45, 2.75) is 18.8 Å². The fraction of sp³-hybridized carbons (Fsp3) is 0.176. The van der Waals surface area contributed by atoms with Gasteiger partial charge in [0.1, 0.15) is 0 Å². The van der Waals surface area contributed by atoms with Gasteiger partial charge < -0.3 is 0 Å². The molecule has 2 aromatic rings. The van der Waals surface area contributed by atoms with Gasteiger partial charge in [-0.3, -0.25) is 0 Å². The van der Waals surface area contributed by atoms with Crippen LogP contribution in [0.1, 0.15) is 29.0 Å². The van der Waals surface area contributed by atoms with Gasteiger partial charge in [-0.1, -0.05) is 48.5 Å². The summed E-state index contributed by atoms with van der Waals surface area (Å²) in [6.45, 7) is 0. The van der Waals surface area contributed by atoms with Crippen molar-refractivity contribution in [2.24, 2.45) is 0 Å². The second kappa shape index (κ2) is 6.38. The molecule has 0 aliphatic carbocycles. The molecule has 0 saturated heterocycles. The van der Waals surface area contributed by atoms with Crippen molar-refractivity contribution >= 4 is 0 Å². The van der Waals surface area contributed by atoms with Crippen LogP contribution in [0.4, 0.5) is 0 Å². The second-order valence-electron chi connectivity index (χ2n) is 4.41. The van der Waals surface area contributed by atoms with Gasteiger partial charge >= 0.3 is 0 Å². The average molecular weight is 246 g/mol. The number of aryl methyl sites for hydroxylation is 1. The van der Waals surface area contributed by atoms with Gasteiger partial charge in [-0.2, -0.15) is 10.5 Å². The zero-order valence-corrected chi connectivity index (χ0v) is 10.6. The highest BCUT2D eigenvalue weighted by Crippen LogP contribution is 2.24. The van der Waals surface area contributed by atoms with E-state index in [9.17, 15) is 5.26 Å². The maximum absolute atomic E-state index is 9.32. The molecular weight excluding hydrogens is 232 g/mol. The lowest BCUT2D eigenvalue weighted by Crippen LogP contribution is -2.01. The Morgan fingerprint density at radius 3 is 2.26 bits per heavy atom. The molecule has 2 rings (SSSR count). The van der Waals surface area contributed by atoms with E-state index in [0.29, 0.717) is 5.56 Å². The molecule has 2 heteroatoms. The molecule has 92 valence electrons. The van der Waals surface area contributed by atoms with E-state index in [1.165, 1.54) is 5.56 Å². The Morgan fingerprint density at radius 1 is 0.895 bits per heavy atom. The van der Waals surface area contributed by atoms with Crippen LogP contribution >= 0.6 is 0 Å². The van der Waals surface area contributed by atoms with Crippen molar-refractivity contribution in [3.63, 3.8) is 0 Å². The molecule has 0 saturated carbocycles. The van der Waals surface area contributed by atoms with Gasteiger partial charge in [-0.25, -0.2) is 0 Å². The quantitative estimate of drug-likeness (QED) is 0.823. The zero-order valence-electron chi connectivity index (χ0n) is 10.6. The first-order chi connectivity index (χ1) is 9.35. The van der Waals surface area contributed by atoms with Gasteiger partial charge in [-0.05, 0) is 30.0 Å².